The number of carbonyl (C=O) groups is 1. The fraction of sp³-hybridized carbons (Fsp3) is 0.238. The van der Waals surface area contributed by atoms with Crippen molar-refractivity contribution in [2.24, 2.45) is 0 Å². The molecule has 1 aliphatic rings. The number of anilines is 1. The highest BCUT2D eigenvalue weighted by Crippen LogP contribution is 2.32. The first-order valence-electron chi connectivity index (χ1n) is 9.54. The number of fused-ring (bicyclic) bond motifs is 1. The van der Waals surface area contributed by atoms with Crippen molar-refractivity contribution in [1.29, 1.82) is 0 Å². The van der Waals surface area contributed by atoms with Gasteiger partial charge in [-0.05, 0) is 31.0 Å². The highest BCUT2D eigenvalue weighted by atomic mass is 16.1. The van der Waals surface area contributed by atoms with E-state index < -0.39 is 0 Å². The summed E-state index contributed by atoms with van der Waals surface area (Å²) in [5, 5.41) is 12.2. The van der Waals surface area contributed by atoms with Crippen molar-refractivity contribution in [2.45, 2.75) is 31.7 Å². The number of rotatable bonds is 4. The minimum absolute atomic E-state index is 0.195. The predicted molar refractivity (Wildman–Crippen MR) is 107 cm³/mol. The normalized spacial score (nSPS) is 14.6. The predicted octanol–water partition coefficient (Wildman–Crippen LogP) is 4.19. The van der Waals surface area contributed by atoms with E-state index in [-0.39, 0.29) is 5.91 Å². The van der Waals surface area contributed by atoms with E-state index in [1.165, 1.54) is 12.8 Å². The minimum atomic E-state index is -0.195. The molecule has 7 nitrogen and oxygen atoms in total. The Balaban J connectivity index is 1.42. The Labute approximate surface area is 161 Å². The lowest BCUT2D eigenvalue weighted by atomic mass is 10.1. The Morgan fingerprint density at radius 1 is 1.11 bits per heavy atom. The third kappa shape index (κ3) is 2.94. The van der Waals surface area contributed by atoms with Crippen molar-refractivity contribution in [3.05, 3.63) is 60.6 Å². The first kappa shape index (κ1) is 16.7. The number of nitrogens with zero attached hydrogens (tertiary/aromatic N) is 4. The number of hydrogen-bond acceptors (Lipinski definition) is 4. The van der Waals surface area contributed by atoms with E-state index in [1.54, 1.807) is 18.6 Å². The second kappa shape index (κ2) is 6.92. The van der Waals surface area contributed by atoms with Crippen molar-refractivity contribution >= 4 is 22.6 Å². The molecule has 140 valence electrons. The van der Waals surface area contributed by atoms with Crippen LogP contribution in [0.4, 0.5) is 5.82 Å². The summed E-state index contributed by atoms with van der Waals surface area (Å²) in [6.07, 6.45) is 8.25. The average molecular weight is 372 g/mol. The Hall–Kier alpha value is -3.48. The molecular formula is C21H20N6O. The zero-order chi connectivity index (χ0) is 18.9. The van der Waals surface area contributed by atoms with E-state index in [4.69, 9.17) is 0 Å². The number of hydrogen-bond donors (Lipinski definition) is 2. The fourth-order valence-corrected chi connectivity index (χ4v) is 3.95. The van der Waals surface area contributed by atoms with Gasteiger partial charge in [0.1, 0.15) is 17.8 Å². The molecular weight excluding hydrogens is 352 g/mol. The maximum atomic E-state index is 12.8. The number of nitrogens with one attached hydrogen (secondary N) is 2. The Kier molecular flexibility index (Phi) is 4.12. The molecule has 5 rings (SSSR count). The van der Waals surface area contributed by atoms with Crippen LogP contribution in [-0.2, 0) is 0 Å². The van der Waals surface area contributed by atoms with Crippen molar-refractivity contribution < 1.29 is 4.79 Å². The highest BCUT2D eigenvalue weighted by molar-refractivity contribution is 6.12. The van der Waals surface area contributed by atoms with Crippen LogP contribution in [0.1, 0.15) is 42.1 Å². The summed E-state index contributed by atoms with van der Waals surface area (Å²) in [6, 6.07) is 13.7. The van der Waals surface area contributed by atoms with Crippen molar-refractivity contribution in [2.75, 3.05) is 5.32 Å². The number of H-pyrrole nitrogens is 1. The van der Waals surface area contributed by atoms with Gasteiger partial charge in [-0.25, -0.2) is 4.98 Å². The Morgan fingerprint density at radius 2 is 1.96 bits per heavy atom. The van der Waals surface area contributed by atoms with Gasteiger partial charge in [-0.15, -0.1) is 10.2 Å². The number of amides is 1. The lowest BCUT2D eigenvalue weighted by Crippen LogP contribution is -2.13. The molecule has 1 fully saturated rings. The fourth-order valence-electron chi connectivity index (χ4n) is 3.95. The molecule has 0 saturated heterocycles. The lowest BCUT2D eigenvalue weighted by Gasteiger charge is -2.13. The Morgan fingerprint density at radius 3 is 2.86 bits per heavy atom. The van der Waals surface area contributed by atoms with Gasteiger partial charge in [0.25, 0.3) is 5.91 Å². The van der Waals surface area contributed by atoms with E-state index >= 15 is 0 Å². The van der Waals surface area contributed by atoms with Crippen molar-refractivity contribution in [3.8, 4) is 11.5 Å². The second-order valence-corrected chi connectivity index (χ2v) is 7.11. The zero-order valence-corrected chi connectivity index (χ0v) is 15.3. The summed E-state index contributed by atoms with van der Waals surface area (Å²) in [5.41, 5.74) is 2.23. The molecule has 1 saturated carbocycles. The quantitative estimate of drug-likeness (QED) is 0.562. The van der Waals surface area contributed by atoms with Gasteiger partial charge in [-0.3, -0.25) is 4.79 Å². The maximum Gasteiger partial charge on any atom is 0.258 e. The summed E-state index contributed by atoms with van der Waals surface area (Å²) >= 11 is 0. The lowest BCUT2D eigenvalue weighted by molar-refractivity contribution is 0.102. The van der Waals surface area contributed by atoms with Crippen molar-refractivity contribution in [3.63, 3.8) is 0 Å². The smallest absolute Gasteiger partial charge is 0.258 e. The number of aromatic nitrogens is 5. The molecule has 0 bridgehead atoms. The summed E-state index contributed by atoms with van der Waals surface area (Å²) in [4.78, 5) is 20.5. The number of carbonyl (C=O) groups excluding carboxylic acids is 1. The van der Waals surface area contributed by atoms with Crippen LogP contribution in [0.3, 0.4) is 0 Å². The summed E-state index contributed by atoms with van der Waals surface area (Å²) in [6.45, 7) is 0. The number of aromatic amines is 1. The zero-order valence-electron chi connectivity index (χ0n) is 15.3. The van der Waals surface area contributed by atoms with E-state index in [1.807, 2.05) is 36.4 Å². The van der Waals surface area contributed by atoms with Gasteiger partial charge >= 0.3 is 0 Å². The van der Waals surface area contributed by atoms with Gasteiger partial charge in [-0.1, -0.05) is 37.1 Å². The van der Waals surface area contributed by atoms with Gasteiger partial charge in [0, 0.05) is 23.1 Å². The molecule has 0 radical (unpaired) electrons. The monoisotopic (exact) mass is 372 g/mol. The first-order chi connectivity index (χ1) is 13.8. The van der Waals surface area contributed by atoms with E-state index in [2.05, 4.69) is 30.0 Å². The van der Waals surface area contributed by atoms with Gasteiger partial charge in [0.15, 0.2) is 5.82 Å². The van der Waals surface area contributed by atoms with Gasteiger partial charge in [0.05, 0.1) is 5.56 Å². The molecule has 3 heterocycles. The van der Waals surface area contributed by atoms with Crippen LogP contribution >= 0.6 is 0 Å². The molecule has 7 heteroatoms. The molecule has 3 aromatic heterocycles. The van der Waals surface area contributed by atoms with Gasteiger partial charge in [0.2, 0.25) is 0 Å². The molecule has 1 aliphatic carbocycles. The largest absolute Gasteiger partial charge is 0.360 e. The maximum absolute atomic E-state index is 12.8. The molecule has 28 heavy (non-hydrogen) atoms. The first-order valence-corrected chi connectivity index (χ1v) is 9.54. The number of para-hydroxylation sites is 1. The van der Waals surface area contributed by atoms with Gasteiger partial charge in [-0.2, -0.15) is 0 Å². The van der Waals surface area contributed by atoms with Crippen LogP contribution in [0, 0.1) is 0 Å². The second-order valence-electron chi connectivity index (χ2n) is 7.11. The van der Waals surface area contributed by atoms with Crippen LogP contribution < -0.4 is 5.32 Å². The third-order valence-electron chi connectivity index (χ3n) is 5.34. The molecule has 1 aromatic carbocycles. The molecule has 0 atom stereocenters. The molecule has 1 amide bonds. The molecule has 0 spiro atoms. The topological polar surface area (TPSA) is 88.5 Å². The molecule has 4 aromatic rings. The van der Waals surface area contributed by atoms with Crippen LogP contribution in [0.2, 0.25) is 0 Å². The molecule has 0 unspecified atom stereocenters. The van der Waals surface area contributed by atoms with Crippen LogP contribution in [-0.4, -0.2) is 30.6 Å². The standard InChI is InChI=1S/C21H20N6O/c28-21(16-12-22-17-9-4-3-8-15(16)17)25-19-11-5-10-18(24-19)20-26-23-13-27(20)14-6-1-2-7-14/h3-5,8-14,22H,1-2,6-7H2,(H,24,25,28). The summed E-state index contributed by atoms with van der Waals surface area (Å²) < 4.78 is 2.11. The SMILES string of the molecule is O=C(Nc1cccc(-c2nncn2C2CCCC2)n1)c1c[nH]c2ccccc12. The van der Waals surface area contributed by atoms with Crippen LogP contribution in [0.25, 0.3) is 22.4 Å². The molecule has 0 aliphatic heterocycles. The molecule has 2 N–H and O–H groups in total. The average Bonchev–Trinajstić information content (AvgIpc) is 3.47. The van der Waals surface area contributed by atoms with E-state index in [0.29, 0.717) is 23.1 Å². The highest BCUT2D eigenvalue weighted by Gasteiger charge is 2.21. The van der Waals surface area contributed by atoms with E-state index in [0.717, 1.165) is 29.6 Å². The van der Waals surface area contributed by atoms with E-state index in [9.17, 15) is 4.79 Å². The van der Waals surface area contributed by atoms with Gasteiger partial charge < -0.3 is 14.9 Å². The third-order valence-corrected chi connectivity index (χ3v) is 5.34. The van der Waals surface area contributed by atoms with Crippen LogP contribution in [0.15, 0.2) is 55.0 Å². The van der Waals surface area contributed by atoms with Crippen LogP contribution in [0.5, 0.6) is 0 Å². The number of benzene rings is 1. The minimum Gasteiger partial charge on any atom is -0.360 e. The summed E-state index contributed by atoms with van der Waals surface area (Å²) in [5.74, 6) is 1.04. The van der Waals surface area contributed by atoms with Crippen molar-refractivity contribution in [1.82, 2.24) is 24.7 Å². The summed E-state index contributed by atoms with van der Waals surface area (Å²) in [7, 11) is 0. The Bertz CT molecular complexity index is 1140. The number of pyridine rings is 1.